The van der Waals surface area contributed by atoms with Crippen molar-refractivity contribution in [1.82, 2.24) is 14.8 Å². The first-order valence-electron chi connectivity index (χ1n) is 4.68. The summed E-state index contributed by atoms with van der Waals surface area (Å²) < 4.78 is 2.97. The summed E-state index contributed by atoms with van der Waals surface area (Å²) in [4.78, 5) is 14.6. The van der Waals surface area contributed by atoms with Crippen LogP contribution in [-0.2, 0) is 13.6 Å². The fourth-order valence-corrected chi connectivity index (χ4v) is 1.69. The smallest absolute Gasteiger partial charge is 0.263 e. The highest BCUT2D eigenvalue weighted by Gasteiger charge is 2.19. The van der Waals surface area contributed by atoms with Crippen LogP contribution in [0.2, 0.25) is 5.28 Å². The van der Waals surface area contributed by atoms with Gasteiger partial charge in [-0.3, -0.25) is 4.79 Å². The average Bonchev–Trinajstić information content (AvgIpc) is 2.58. The maximum absolute atomic E-state index is 11.7. The van der Waals surface area contributed by atoms with Gasteiger partial charge in [0, 0.05) is 18.6 Å². The van der Waals surface area contributed by atoms with Gasteiger partial charge in [0.15, 0.2) is 6.54 Å². The number of imidazole rings is 1. The Morgan fingerprint density at radius 3 is 3.12 bits per heavy atom. The molecule has 0 radical (unpaired) electrons. The zero-order chi connectivity index (χ0) is 11.7. The predicted molar refractivity (Wildman–Crippen MR) is 60.0 cm³/mol. The molecule has 0 saturated heterocycles. The number of H-pyrrole nitrogens is 1. The van der Waals surface area contributed by atoms with Gasteiger partial charge < -0.3 is 0 Å². The molecule has 0 fully saturated rings. The van der Waals surface area contributed by atoms with Gasteiger partial charge in [0.1, 0.15) is 0 Å². The second-order valence-corrected chi connectivity index (χ2v) is 3.62. The fraction of sp³-hybridized carbons (Fsp3) is 0.300. The van der Waals surface area contributed by atoms with Crippen molar-refractivity contribution in [2.24, 2.45) is 7.05 Å². The number of halogens is 1. The molecule has 0 spiro atoms. The first-order valence-corrected chi connectivity index (χ1v) is 5.06. The Kier molecular flexibility index (Phi) is 2.67. The van der Waals surface area contributed by atoms with Crippen molar-refractivity contribution in [3.8, 4) is 11.8 Å². The lowest BCUT2D eigenvalue weighted by Crippen LogP contribution is -2.34. The minimum Gasteiger partial charge on any atom is -0.263 e. The maximum atomic E-state index is 11.7. The Morgan fingerprint density at radius 2 is 2.44 bits per heavy atom. The summed E-state index contributed by atoms with van der Waals surface area (Å²) in [5, 5.41) is 4.32. The van der Waals surface area contributed by atoms with Crippen LogP contribution in [0.5, 0.6) is 0 Å². The van der Waals surface area contributed by atoms with E-state index >= 15 is 0 Å². The predicted octanol–water partition coefficient (Wildman–Crippen LogP) is 0.226. The molecule has 1 N–H and O–H groups in total. The number of hydrogen-bond acceptors (Lipinski definition) is 2. The molecule has 0 aliphatic carbocycles. The van der Waals surface area contributed by atoms with Gasteiger partial charge in [-0.05, 0) is 6.92 Å². The highest BCUT2D eigenvalue weighted by Crippen LogP contribution is 2.06. The van der Waals surface area contributed by atoms with Crippen molar-refractivity contribution in [1.29, 1.82) is 0 Å². The molecule has 0 aromatic carbocycles. The van der Waals surface area contributed by atoms with E-state index in [1.807, 2.05) is 0 Å². The van der Waals surface area contributed by atoms with E-state index in [2.05, 4.69) is 21.9 Å². The van der Waals surface area contributed by atoms with Gasteiger partial charge in [-0.25, -0.2) is 9.67 Å². The molecule has 2 aromatic rings. The van der Waals surface area contributed by atoms with Crippen LogP contribution in [0, 0.1) is 11.8 Å². The summed E-state index contributed by atoms with van der Waals surface area (Å²) in [6, 6.07) is 0. The highest BCUT2D eigenvalue weighted by atomic mass is 35.5. The molecule has 0 amide bonds. The Bertz CT molecular complexity index is 659. The van der Waals surface area contributed by atoms with Crippen LogP contribution in [-0.4, -0.2) is 14.8 Å². The molecule has 2 aromatic heterocycles. The average molecular weight is 238 g/mol. The molecule has 0 saturated carbocycles. The van der Waals surface area contributed by atoms with E-state index in [0.717, 1.165) is 0 Å². The van der Waals surface area contributed by atoms with E-state index in [-0.39, 0.29) is 5.56 Å². The number of rotatable bonds is 1. The minimum atomic E-state index is -0.206. The van der Waals surface area contributed by atoms with E-state index < -0.39 is 0 Å². The maximum Gasteiger partial charge on any atom is 0.354 e. The lowest BCUT2D eigenvalue weighted by molar-refractivity contribution is -0.656. The third kappa shape index (κ3) is 1.57. The third-order valence-electron chi connectivity index (χ3n) is 2.29. The molecule has 0 aliphatic heterocycles. The SMILES string of the molecule is CC#CC[n+]1c(Cl)[nH]c2c(=O)n(C)ncc21. The normalized spacial score (nSPS) is 10.2. The van der Waals surface area contributed by atoms with Crippen LogP contribution < -0.4 is 10.1 Å². The number of aromatic amines is 1. The first-order chi connectivity index (χ1) is 7.65. The largest absolute Gasteiger partial charge is 0.354 e. The zero-order valence-electron chi connectivity index (χ0n) is 8.91. The molecular formula is C10H10ClN4O+. The molecule has 6 heteroatoms. The van der Waals surface area contributed by atoms with Gasteiger partial charge >= 0.3 is 10.8 Å². The van der Waals surface area contributed by atoms with E-state index in [1.165, 1.54) is 4.68 Å². The van der Waals surface area contributed by atoms with E-state index in [4.69, 9.17) is 11.6 Å². The van der Waals surface area contributed by atoms with Gasteiger partial charge in [0.2, 0.25) is 11.0 Å². The van der Waals surface area contributed by atoms with Gasteiger partial charge in [0.25, 0.3) is 0 Å². The summed E-state index contributed by atoms with van der Waals surface area (Å²) in [6.45, 7) is 2.19. The minimum absolute atomic E-state index is 0.206. The number of fused-ring (bicyclic) bond motifs is 1. The molecule has 0 bridgehead atoms. The van der Waals surface area contributed by atoms with Crippen LogP contribution in [0.4, 0.5) is 0 Å². The van der Waals surface area contributed by atoms with Crippen molar-refractivity contribution in [3.05, 3.63) is 21.8 Å². The Hall–Kier alpha value is -1.80. The molecule has 82 valence electrons. The number of hydrogen-bond donors (Lipinski definition) is 1. The van der Waals surface area contributed by atoms with E-state index in [0.29, 0.717) is 22.9 Å². The first kappa shape index (κ1) is 10.7. The number of aromatic nitrogens is 4. The monoisotopic (exact) mass is 237 g/mol. The van der Waals surface area contributed by atoms with E-state index in [1.54, 1.807) is 24.7 Å². The Morgan fingerprint density at radius 1 is 1.69 bits per heavy atom. The van der Waals surface area contributed by atoms with Gasteiger partial charge in [0.05, 0.1) is 6.20 Å². The highest BCUT2D eigenvalue weighted by molar-refractivity contribution is 6.27. The van der Waals surface area contributed by atoms with Crippen LogP contribution in [0.3, 0.4) is 0 Å². The summed E-state index contributed by atoms with van der Waals surface area (Å²) >= 11 is 5.99. The molecule has 2 rings (SSSR count). The molecule has 5 nitrogen and oxygen atoms in total. The molecular weight excluding hydrogens is 228 g/mol. The Labute approximate surface area is 96.7 Å². The van der Waals surface area contributed by atoms with Crippen LogP contribution in [0.15, 0.2) is 11.0 Å². The van der Waals surface area contributed by atoms with Crippen molar-refractivity contribution in [2.45, 2.75) is 13.5 Å². The fourth-order valence-electron chi connectivity index (χ4n) is 1.44. The van der Waals surface area contributed by atoms with Crippen molar-refractivity contribution < 1.29 is 4.57 Å². The lowest BCUT2D eigenvalue weighted by Gasteiger charge is -1.93. The van der Waals surface area contributed by atoms with Crippen molar-refractivity contribution in [3.63, 3.8) is 0 Å². The second-order valence-electron chi connectivity index (χ2n) is 3.26. The standard InChI is InChI=1S/C10H9ClN4O/c1-3-4-5-15-7-6-12-14(2)9(16)8(7)13-10(15)11/h6H,5H2,1-2H3/p+1. The number of nitrogens with zero attached hydrogens (tertiary/aromatic N) is 3. The summed E-state index contributed by atoms with van der Waals surface area (Å²) in [5.41, 5.74) is 0.902. The van der Waals surface area contributed by atoms with Gasteiger partial charge in [-0.2, -0.15) is 9.67 Å². The quantitative estimate of drug-likeness (QED) is 0.570. The molecule has 0 unspecified atom stereocenters. The van der Waals surface area contributed by atoms with Crippen LogP contribution in [0.1, 0.15) is 6.92 Å². The molecule has 2 heterocycles. The number of aryl methyl sites for hydroxylation is 1. The number of nitrogens with one attached hydrogen (secondary N) is 1. The van der Waals surface area contributed by atoms with Crippen LogP contribution in [0.25, 0.3) is 11.0 Å². The van der Waals surface area contributed by atoms with Gasteiger partial charge in [-0.1, -0.05) is 5.92 Å². The van der Waals surface area contributed by atoms with E-state index in [9.17, 15) is 4.79 Å². The summed E-state index contributed by atoms with van der Waals surface area (Å²) in [5.74, 6) is 5.67. The Balaban J connectivity index is 2.75. The second kappa shape index (κ2) is 3.99. The van der Waals surface area contributed by atoms with Crippen molar-refractivity contribution >= 4 is 22.6 Å². The van der Waals surface area contributed by atoms with Crippen LogP contribution >= 0.6 is 11.6 Å². The van der Waals surface area contributed by atoms with Gasteiger partial charge in [-0.15, -0.1) is 5.92 Å². The molecule has 16 heavy (non-hydrogen) atoms. The molecule has 0 atom stereocenters. The van der Waals surface area contributed by atoms with Crippen molar-refractivity contribution in [2.75, 3.05) is 0 Å². The summed E-state index contributed by atoms with van der Waals surface area (Å²) in [6.07, 6.45) is 1.59. The third-order valence-corrected chi connectivity index (χ3v) is 2.59. The topological polar surface area (TPSA) is 54.6 Å². The molecule has 0 aliphatic rings. The zero-order valence-corrected chi connectivity index (χ0v) is 9.67. The summed E-state index contributed by atoms with van der Waals surface area (Å²) in [7, 11) is 1.59. The lowest BCUT2D eigenvalue weighted by atomic mass is 10.4.